The van der Waals surface area contributed by atoms with Crippen LogP contribution >= 0.6 is 22.6 Å². The van der Waals surface area contributed by atoms with Crippen LogP contribution in [0.2, 0.25) is 0 Å². The molecular formula is C17H17IN2O3. The summed E-state index contributed by atoms with van der Waals surface area (Å²) in [5.41, 5.74) is 5.47. The summed E-state index contributed by atoms with van der Waals surface area (Å²) in [6.07, 6.45) is 1.51. The van der Waals surface area contributed by atoms with Crippen LogP contribution in [-0.2, 0) is 4.79 Å². The number of rotatable bonds is 5. The fourth-order valence-corrected chi connectivity index (χ4v) is 2.31. The van der Waals surface area contributed by atoms with Gasteiger partial charge in [0, 0.05) is 0 Å². The van der Waals surface area contributed by atoms with E-state index in [9.17, 15) is 9.90 Å². The number of ether oxygens (including phenoxy) is 1. The highest BCUT2D eigenvalue weighted by atomic mass is 127. The number of benzene rings is 2. The van der Waals surface area contributed by atoms with Gasteiger partial charge in [0.1, 0.15) is 11.5 Å². The first-order chi connectivity index (χ1) is 11.0. The van der Waals surface area contributed by atoms with Crippen LogP contribution in [-0.4, -0.2) is 23.8 Å². The van der Waals surface area contributed by atoms with E-state index < -0.39 is 0 Å². The van der Waals surface area contributed by atoms with Gasteiger partial charge < -0.3 is 9.84 Å². The van der Waals surface area contributed by atoms with Crippen molar-refractivity contribution >= 4 is 34.7 Å². The molecule has 0 bridgehead atoms. The van der Waals surface area contributed by atoms with Crippen molar-refractivity contribution in [1.82, 2.24) is 5.43 Å². The molecule has 120 valence electrons. The van der Waals surface area contributed by atoms with Crippen LogP contribution in [0.5, 0.6) is 11.5 Å². The summed E-state index contributed by atoms with van der Waals surface area (Å²) in [6, 6.07) is 10.7. The van der Waals surface area contributed by atoms with Crippen molar-refractivity contribution < 1.29 is 14.6 Å². The average Bonchev–Trinajstić information content (AvgIpc) is 2.52. The predicted octanol–water partition coefficient (Wildman–Crippen LogP) is 3.14. The number of hydrogen-bond acceptors (Lipinski definition) is 4. The lowest BCUT2D eigenvalue weighted by Crippen LogP contribution is -2.24. The Kier molecular flexibility index (Phi) is 5.97. The maximum Gasteiger partial charge on any atom is 0.277 e. The summed E-state index contributed by atoms with van der Waals surface area (Å²) < 4.78 is 6.14. The van der Waals surface area contributed by atoms with Crippen LogP contribution in [0.1, 0.15) is 16.7 Å². The minimum absolute atomic E-state index is 0.104. The Morgan fingerprint density at radius 1 is 1.26 bits per heavy atom. The summed E-state index contributed by atoms with van der Waals surface area (Å²) in [5, 5.41) is 13.3. The van der Waals surface area contributed by atoms with E-state index in [4.69, 9.17) is 4.74 Å². The number of halogens is 1. The number of carbonyl (C=O) groups is 1. The van der Waals surface area contributed by atoms with Gasteiger partial charge in [-0.15, -0.1) is 0 Å². The largest absolute Gasteiger partial charge is 0.507 e. The van der Waals surface area contributed by atoms with Crippen molar-refractivity contribution in [2.24, 2.45) is 5.10 Å². The summed E-state index contributed by atoms with van der Waals surface area (Å²) in [7, 11) is 0. The van der Waals surface area contributed by atoms with Gasteiger partial charge in [-0.3, -0.25) is 4.79 Å². The normalized spacial score (nSPS) is 10.7. The SMILES string of the molecule is Cc1ccc(OCC(=O)NN=Cc2ccc(O)c(I)c2)cc1C. The zero-order chi connectivity index (χ0) is 16.8. The number of hydrazone groups is 1. The standard InChI is InChI=1S/C17H17IN2O3/c1-11-3-5-14(7-12(11)2)23-10-17(22)20-19-9-13-4-6-16(21)15(18)8-13/h3-9,21H,10H2,1-2H3,(H,20,22). The highest BCUT2D eigenvalue weighted by molar-refractivity contribution is 14.1. The molecule has 0 aliphatic heterocycles. The fourth-order valence-electron chi connectivity index (χ4n) is 1.77. The second-order valence-corrected chi connectivity index (χ2v) is 6.20. The lowest BCUT2D eigenvalue weighted by Gasteiger charge is -2.07. The van der Waals surface area contributed by atoms with Crippen molar-refractivity contribution in [3.63, 3.8) is 0 Å². The molecule has 0 radical (unpaired) electrons. The molecule has 0 aliphatic rings. The van der Waals surface area contributed by atoms with Gasteiger partial charge in [0.25, 0.3) is 5.91 Å². The summed E-state index contributed by atoms with van der Waals surface area (Å²) in [4.78, 5) is 11.7. The van der Waals surface area contributed by atoms with Gasteiger partial charge in [-0.1, -0.05) is 6.07 Å². The number of phenols is 1. The third-order valence-electron chi connectivity index (χ3n) is 3.22. The fraction of sp³-hybridized carbons (Fsp3) is 0.176. The molecule has 0 aromatic heterocycles. The molecule has 0 spiro atoms. The number of phenolic OH excluding ortho intramolecular Hbond substituents is 1. The van der Waals surface area contributed by atoms with Crippen molar-refractivity contribution in [2.75, 3.05) is 6.61 Å². The molecule has 2 rings (SSSR count). The van der Waals surface area contributed by atoms with Gasteiger partial charge in [-0.05, 0) is 83.5 Å². The number of hydrogen-bond donors (Lipinski definition) is 2. The zero-order valence-corrected chi connectivity index (χ0v) is 15.0. The van der Waals surface area contributed by atoms with E-state index in [0.717, 1.165) is 14.7 Å². The number of aromatic hydroxyl groups is 1. The Hall–Kier alpha value is -2.09. The van der Waals surface area contributed by atoms with Crippen molar-refractivity contribution in [2.45, 2.75) is 13.8 Å². The second kappa shape index (κ2) is 7.96. The molecule has 2 aromatic carbocycles. The Balaban J connectivity index is 1.83. The molecule has 23 heavy (non-hydrogen) atoms. The smallest absolute Gasteiger partial charge is 0.277 e. The van der Waals surface area contributed by atoms with E-state index in [1.807, 2.05) is 54.6 Å². The van der Waals surface area contributed by atoms with Gasteiger partial charge in [0.2, 0.25) is 0 Å². The first-order valence-corrected chi connectivity index (χ1v) is 8.04. The third kappa shape index (κ3) is 5.24. The number of amides is 1. The topological polar surface area (TPSA) is 70.9 Å². The van der Waals surface area contributed by atoms with Crippen LogP contribution in [0.15, 0.2) is 41.5 Å². The minimum Gasteiger partial charge on any atom is -0.507 e. The van der Waals surface area contributed by atoms with Gasteiger partial charge in [0.15, 0.2) is 6.61 Å². The molecule has 1 amide bonds. The lowest BCUT2D eigenvalue weighted by atomic mass is 10.1. The van der Waals surface area contributed by atoms with Crippen LogP contribution in [0.4, 0.5) is 0 Å². The first kappa shape index (κ1) is 17.3. The molecule has 0 atom stereocenters. The molecule has 5 nitrogen and oxygen atoms in total. The molecule has 0 saturated heterocycles. The van der Waals surface area contributed by atoms with Crippen LogP contribution in [0, 0.1) is 17.4 Å². The Morgan fingerprint density at radius 2 is 2.04 bits per heavy atom. The molecule has 0 saturated carbocycles. The molecule has 0 aliphatic carbocycles. The second-order valence-electron chi connectivity index (χ2n) is 5.04. The number of carbonyl (C=O) groups excluding carboxylic acids is 1. The number of nitrogens with one attached hydrogen (secondary N) is 1. The number of nitrogens with zero attached hydrogens (tertiary/aromatic N) is 1. The lowest BCUT2D eigenvalue weighted by molar-refractivity contribution is -0.123. The van der Waals surface area contributed by atoms with Gasteiger partial charge >= 0.3 is 0 Å². The maximum atomic E-state index is 11.7. The highest BCUT2D eigenvalue weighted by Gasteiger charge is 2.03. The van der Waals surface area contributed by atoms with E-state index in [1.165, 1.54) is 11.8 Å². The molecule has 2 aromatic rings. The third-order valence-corrected chi connectivity index (χ3v) is 4.09. The quantitative estimate of drug-likeness (QED) is 0.440. The van der Waals surface area contributed by atoms with E-state index in [2.05, 4.69) is 10.5 Å². The van der Waals surface area contributed by atoms with E-state index >= 15 is 0 Å². The molecule has 6 heteroatoms. The average molecular weight is 424 g/mol. The monoisotopic (exact) mass is 424 g/mol. The highest BCUT2D eigenvalue weighted by Crippen LogP contribution is 2.19. The maximum absolute atomic E-state index is 11.7. The Morgan fingerprint density at radius 3 is 2.74 bits per heavy atom. The minimum atomic E-state index is -0.340. The first-order valence-electron chi connectivity index (χ1n) is 6.96. The van der Waals surface area contributed by atoms with Crippen LogP contribution in [0.3, 0.4) is 0 Å². The van der Waals surface area contributed by atoms with Crippen LogP contribution < -0.4 is 10.2 Å². The van der Waals surface area contributed by atoms with Gasteiger partial charge in [-0.25, -0.2) is 5.43 Å². The van der Waals surface area contributed by atoms with Crippen molar-refractivity contribution in [3.05, 3.63) is 56.7 Å². The van der Waals surface area contributed by atoms with Gasteiger partial charge in [-0.2, -0.15) is 5.10 Å². The van der Waals surface area contributed by atoms with Crippen LogP contribution in [0.25, 0.3) is 0 Å². The molecular weight excluding hydrogens is 407 g/mol. The predicted molar refractivity (Wildman–Crippen MR) is 98.0 cm³/mol. The molecule has 0 fully saturated rings. The van der Waals surface area contributed by atoms with Crippen molar-refractivity contribution in [3.8, 4) is 11.5 Å². The van der Waals surface area contributed by atoms with Gasteiger partial charge in [0.05, 0.1) is 9.78 Å². The Labute approximate surface area is 148 Å². The number of aryl methyl sites for hydroxylation is 2. The Bertz CT molecular complexity index is 745. The summed E-state index contributed by atoms with van der Waals surface area (Å²) in [6.45, 7) is 3.91. The van der Waals surface area contributed by atoms with E-state index in [0.29, 0.717) is 5.75 Å². The zero-order valence-electron chi connectivity index (χ0n) is 12.8. The molecule has 2 N–H and O–H groups in total. The van der Waals surface area contributed by atoms with E-state index in [-0.39, 0.29) is 18.3 Å². The summed E-state index contributed by atoms with van der Waals surface area (Å²) in [5.74, 6) is 0.529. The van der Waals surface area contributed by atoms with E-state index in [1.54, 1.807) is 18.2 Å². The van der Waals surface area contributed by atoms with Crippen molar-refractivity contribution in [1.29, 1.82) is 0 Å². The molecule has 0 unspecified atom stereocenters. The molecule has 0 heterocycles. The summed E-state index contributed by atoms with van der Waals surface area (Å²) >= 11 is 2.02.